The van der Waals surface area contributed by atoms with Crippen molar-refractivity contribution in [1.29, 1.82) is 0 Å². The van der Waals surface area contributed by atoms with Crippen molar-refractivity contribution in [3.05, 3.63) is 194 Å². The molecule has 0 aliphatic rings. The van der Waals surface area contributed by atoms with Gasteiger partial charge in [-0.25, -0.2) is 9.97 Å². The van der Waals surface area contributed by atoms with Gasteiger partial charge in [0.2, 0.25) is 0 Å². The molecule has 5 heteroatoms. The molecular weight excluding hydrogens is 721 g/mol. The summed E-state index contributed by atoms with van der Waals surface area (Å²) in [5, 5.41) is 10.6. The maximum absolute atomic E-state index is 6.76. The van der Waals surface area contributed by atoms with Crippen LogP contribution in [0.3, 0.4) is 0 Å². The van der Waals surface area contributed by atoms with Crippen molar-refractivity contribution in [2.75, 3.05) is 0 Å². The lowest BCUT2D eigenvalue weighted by Crippen LogP contribution is -1.94. The Morgan fingerprint density at radius 3 is 1.53 bits per heavy atom. The van der Waals surface area contributed by atoms with Crippen molar-refractivity contribution in [1.82, 2.24) is 19.9 Å². The van der Waals surface area contributed by atoms with Gasteiger partial charge in [0.15, 0.2) is 5.58 Å². The van der Waals surface area contributed by atoms with E-state index in [1.54, 1.807) is 12.4 Å². The number of benzene rings is 7. The number of para-hydroxylation sites is 1. The average Bonchev–Trinajstić information content (AvgIpc) is 3.72. The van der Waals surface area contributed by atoms with E-state index in [1.165, 1.54) is 32.3 Å². The van der Waals surface area contributed by atoms with E-state index in [-0.39, 0.29) is 0 Å². The molecule has 5 aromatic heterocycles. The van der Waals surface area contributed by atoms with E-state index in [0.29, 0.717) is 0 Å². The molecule has 12 aromatic rings. The fourth-order valence-corrected chi connectivity index (χ4v) is 8.78. The Kier molecular flexibility index (Phi) is 7.47. The molecule has 0 bridgehead atoms. The van der Waals surface area contributed by atoms with E-state index < -0.39 is 0 Å². The van der Waals surface area contributed by atoms with Crippen LogP contribution in [-0.4, -0.2) is 19.9 Å². The molecule has 12 rings (SSSR count). The summed E-state index contributed by atoms with van der Waals surface area (Å²) in [6, 6.07) is 63.7. The Hall–Kier alpha value is -8.02. The molecule has 5 nitrogen and oxygen atoms in total. The van der Waals surface area contributed by atoms with Crippen molar-refractivity contribution in [3.63, 3.8) is 0 Å². The van der Waals surface area contributed by atoms with Gasteiger partial charge in [-0.2, -0.15) is 0 Å². The summed E-state index contributed by atoms with van der Waals surface area (Å²) in [4.78, 5) is 19.6. The van der Waals surface area contributed by atoms with E-state index in [9.17, 15) is 0 Å². The van der Waals surface area contributed by atoms with Crippen LogP contribution in [0.15, 0.2) is 199 Å². The van der Waals surface area contributed by atoms with Gasteiger partial charge in [0, 0.05) is 34.1 Å². The van der Waals surface area contributed by atoms with Crippen molar-refractivity contribution >= 4 is 65.2 Å². The number of nitrogens with zero attached hydrogens (tertiary/aromatic N) is 4. The summed E-state index contributed by atoms with van der Waals surface area (Å²) < 4.78 is 6.76. The molecule has 59 heavy (non-hydrogen) atoms. The van der Waals surface area contributed by atoms with Crippen LogP contribution in [0, 0.1) is 0 Å². The van der Waals surface area contributed by atoms with Crippen LogP contribution < -0.4 is 0 Å². The van der Waals surface area contributed by atoms with E-state index in [2.05, 4.69) is 143 Å². The van der Waals surface area contributed by atoms with Gasteiger partial charge >= 0.3 is 0 Å². The third kappa shape index (κ3) is 5.47. The maximum Gasteiger partial charge on any atom is 0.162 e. The van der Waals surface area contributed by atoms with E-state index in [0.717, 1.165) is 89.1 Å². The Bertz CT molecular complexity index is 3520. The van der Waals surface area contributed by atoms with Crippen LogP contribution >= 0.6 is 0 Å². The molecule has 7 aromatic carbocycles. The second-order valence-electron chi connectivity index (χ2n) is 15.0. The molecule has 5 heterocycles. The number of hydrogen-bond acceptors (Lipinski definition) is 5. The lowest BCUT2D eigenvalue weighted by atomic mass is 9.92. The first-order valence-corrected chi connectivity index (χ1v) is 19.8. The standard InChI is InChI=1S/C54H32N4O/c1-2-16-40-38(14-1)39-15-3-4-17-41(39)44-30-36(22-24-42(40)44)53-54-52(43-18-5-6-21-51(43)59-54)45-29-35(23-25-46(45)58-53)33-12-11-13-34(28-33)37-31-49(47-19-7-9-26-55-47)57-50(32-37)48-20-8-10-27-56-48/h1-32H. The number of aromatic nitrogens is 4. The molecule has 0 aliphatic heterocycles. The molecule has 0 unspecified atom stereocenters. The SMILES string of the molecule is c1ccc(-c2cc(-c3cccc(-c4ccc5nc(-c6ccc7c8ccccc8c8ccccc8c7c6)c6oc7ccccc7c6c5c4)c3)cc(-c3ccccn3)n2)nc1. The molecule has 0 N–H and O–H groups in total. The Morgan fingerprint density at radius 1 is 0.322 bits per heavy atom. The normalized spacial score (nSPS) is 11.7. The van der Waals surface area contributed by atoms with Crippen molar-refractivity contribution in [2.45, 2.75) is 0 Å². The second-order valence-corrected chi connectivity index (χ2v) is 15.0. The first kappa shape index (κ1) is 33.2. The number of rotatable bonds is 5. The number of furan rings is 1. The Morgan fingerprint density at radius 2 is 0.864 bits per heavy atom. The van der Waals surface area contributed by atoms with Crippen molar-refractivity contribution in [2.24, 2.45) is 0 Å². The van der Waals surface area contributed by atoms with Crippen LogP contribution in [-0.2, 0) is 0 Å². The minimum atomic E-state index is 0.787. The van der Waals surface area contributed by atoms with Crippen LogP contribution in [0.1, 0.15) is 0 Å². The lowest BCUT2D eigenvalue weighted by molar-refractivity contribution is 0.669. The molecular formula is C54H32N4O. The van der Waals surface area contributed by atoms with Gasteiger partial charge in [-0.05, 0) is 121 Å². The van der Waals surface area contributed by atoms with Gasteiger partial charge < -0.3 is 4.42 Å². The highest BCUT2D eigenvalue weighted by Crippen LogP contribution is 2.43. The van der Waals surface area contributed by atoms with Gasteiger partial charge in [-0.15, -0.1) is 0 Å². The van der Waals surface area contributed by atoms with Gasteiger partial charge in [-0.3, -0.25) is 9.97 Å². The minimum Gasteiger partial charge on any atom is -0.454 e. The summed E-state index contributed by atoms with van der Waals surface area (Å²) in [5.41, 5.74) is 11.9. The molecule has 0 atom stereocenters. The molecule has 0 spiro atoms. The largest absolute Gasteiger partial charge is 0.454 e. The topological polar surface area (TPSA) is 64.7 Å². The van der Waals surface area contributed by atoms with Gasteiger partial charge in [0.1, 0.15) is 11.3 Å². The fraction of sp³-hybridized carbons (Fsp3) is 0. The van der Waals surface area contributed by atoms with Crippen LogP contribution in [0.2, 0.25) is 0 Å². The predicted octanol–water partition coefficient (Wildman–Crippen LogP) is 14.1. The highest BCUT2D eigenvalue weighted by molar-refractivity contribution is 6.26. The van der Waals surface area contributed by atoms with Crippen LogP contribution in [0.4, 0.5) is 0 Å². The molecule has 0 saturated heterocycles. The van der Waals surface area contributed by atoms with Crippen molar-refractivity contribution < 1.29 is 4.42 Å². The summed E-state index contributed by atoms with van der Waals surface area (Å²) in [6.45, 7) is 0. The third-order valence-electron chi connectivity index (χ3n) is 11.5. The predicted molar refractivity (Wildman–Crippen MR) is 242 cm³/mol. The molecule has 0 radical (unpaired) electrons. The van der Waals surface area contributed by atoms with E-state index in [4.69, 9.17) is 14.4 Å². The van der Waals surface area contributed by atoms with Gasteiger partial charge in [-0.1, -0.05) is 115 Å². The van der Waals surface area contributed by atoms with E-state index in [1.807, 2.05) is 48.5 Å². The molecule has 0 aliphatic carbocycles. The molecule has 0 fully saturated rings. The van der Waals surface area contributed by atoms with Gasteiger partial charge in [0.25, 0.3) is 0 Å². The third-order valence-corrected chi connectivity index (χ3v) is 11.5. The maximum atomic E-state index is 6.76. The first-order chi connectivity index (χ1) is 29.2. The summed E-state index contributed by atoms with van der Waals surface area (Å²) >= 11 is 0. The summed E-state index contributed by atoms with van der Waals surface area (Å²) in [7, 11) is 0. The average molecular weight is 753 g/mol. The zero-order chi connectivity index (χ0) is 38.9. The quantitative estimate of drug-likeness (QED) is 0.164. The molecule has 0 amide bonds. The zero-order valence-electron chi connectivity index (χ0n) is 31.7. The highest BCUT2D eigenvalue weighted by atomic mass is 16.3. The van der Waals surface area contributed by atoms with E-state index >= 15 is 0 Å². The minimum absolute atomic E-state index is 0.787. The molecule has 0 saturated carbocycles. The van der Waals surface area contributed by atoms with Crippen LogP contribution in [0.5, 0.6) is 0 Å². The highest BCUT2D eigenvalue weighted by Gasteiger charge is 2.20. The second kappa shape index (κ2) is 13.3. The monoisotopic (exact) mass is 752 g/mol. The summed E-state index contributed by atoms with van der Waals surface area (Å²) in [6.07, 6.45) is 3.60. The number of pyridine rings is 4. The fourth-order valence-electron chi connectivity index (χ4n) is 8.78. The summed E-state index contributed by atoms with van der Waals surface area (Å²) in [5.74, 6) is 0. The zero-order valence-corrected chi connectivity index (χ0v) is 31.7. The lowest BCUT2D eigenvalue weighted by Gasteiger charge is -2.13. The molecule has 274 valence electrons. The van der Waals surface area contributed by atoms with Gasteiger partial charge in [0.05, 0.1) is 28.3 Å². The van der Waals surface area contributed by atoms with Crippen LogP contribution in [0.25, 0.3) is 121 Å². The first-order valence-electron chi connectivity index (χ1n) is 19.8. The number of hydrogen-bond donors (Lipinski definition) is 0. The Balaban J connectivity index is 1.03. The number of fused-ring (bicyclic) bond motifs is 11. The Labute approximate surface area is 338 Å². The smallest absolute Gasteiger partial charge is 0.162 e. The van der Waals surface area contributed by atoms with Crippen molar-refractivity contribution in [3.8, 4) is 56.3 Å².